The fourth-order valence-electron chi connectivity index (χ4n) is 3.51. The molecular formula is C22H39N3O3. The van der Waals surface area contributed by atoms with Crippen molar-refractivity contribution in [2.45, 2.75) is 103 Å². The van der Waals surface area contributed by atoms with E-state index in [1.807, 2.05) is 0 Å². The predicted molar refractivity (Wildman–Crippen MR) is 115 cm³/mol. The van der Waals surface area contributed by atoms with Crippen LogP contribution in [-0.2, 0) is 11.2 Å². The number of aromatic nitrogens is 2. The van der Waals surface area contributed by atoms with Gasteiger partial charge in [0.2, 0.25) is 5.95 Å². The molecule has 0 unspecified atom stereocenters. The van der Waals surface area contributed by atoms with E-state index in [9.17, 15) is 9.59 Å². The molecule has 1 heterocycles. The molecule has 0 amide bonds. The molecule has 0 aromatic carbocycles. The quantitative estimate of drug-likeness (QED) is 0.298. The van der Waals surface area contributed by atoms with E-state index in [-0.39, 0.29) is 17.2 Å². The Kier molecular flexibility index (Phi) is 13.1. The molecule has 6 heteroatoms. The predicted octanol–water partition coefficient (Wildman–Crippen LogP) is 5.16. The van der Waals surface area contributed by atoms with Gasteiger partial charge in [-0.1, -0.05) is 90.4 Å². The van der Waals surface area contributed by atoms with Gasteiger partial charge in [0.15, 0.2) is 5.69 Å². The first-order valence-electron chi connectivity index (χ1n) is 11.1. The number of nitrogens with one attached hydrogen (secondary N) is 1. The van der Waals surface area contributed by atoms with Crippen molar-refractivity contribution in [3.8, 4) is 0 Å². The molecule has 0 aliphatic rings. The highest BCUT2D eigenvalue weighted by Gasteiger charge is 2.17. The normalized spacial score (nSPS) is 10.9. The van der Waals surface area contributed by atoms with Gasteiger partial charge in [0.05, 0.1) is 12.7 Å². The van der Waals surface area contributed by atoms with E-state index >= 15 is 0 Å². The number of unbranched alkanes of at least 4 members (excludes halogenated alkanes) is 13. The van der Waals surface area contributed by atoms with Gasteiger partial charge >= 0.3 is 5.97 Å². The number of esters is 1. The summed E-state index contributed by atoms with van der Waals surface area (Å²) in [6.07, 6.45) is 18.4. The van der Waals surface area contributed by atoms with Crippen LogP contribution in [0.15, 0.2) is 4.79 Å². The molecule has 0 spiro atoms. The van der Waals surface area contributed by atoms with Crippen molar-refractivity contribution in [2.75, 3.05) is 12.8 Å². The lowest BCUT2D eigenvalue weighted by molar-refractivity contribution is 0.0592. The number of nitrogen functional groups attached to an aromatic ring is 1. The molecule has 1 rings (SSSR count). The van der Waals surface area contributed by atoms with Gasteiger partial charge in [-0.2, -0.15) is 0 Å². The first-order chi connectivity index (χ1) is 13.6. The van der Waals surface area contributed by atoms with Crippen molar-refractivity contribution >= 4 is 11.9 Å². The highest BCUT2D eigenvalue weighted by molar-refractivity contribution is 5.88. The van der Waals surface area contributed by atoms with E-state index in [1.54, 1.807) is 0 Å². The van der Waals surface area contributed by atoms with Crippen molar-refractivity contribution in [3.05, 3.63) is 21.6 Å². The second-order valence-electron chi connectivity index (χ2n) is 7.62. The average molecular weight is 394 g/mol. The smallest absolute Gasteiger partial charge is 0.357 e. The monoisotopic (exact) mass is 393 g/mol. The fraction of sp³-hybridized carbons (Fsp3) is 0.773. The van der Waals surface area contributed by atoms with Crippen LogP contribution in [0.1, 0.15) is 113 Å². The Bertz CT molecular complexity index is 614. The van der Waals surface area contributed by atoms with Crippen LogP contribution in [0, 0.1) is 0 Å². The number of H-pyrrole nitrogens is 1. The number of carbonyl (C=O) groups excluding carboxylic acids is 1. The Hall–Kier alpha value is -1.85. The molecule has 0 atom stereocenters. The number of nitrogens with two attached hydrogens (primary N) is 1. The number of rotatable bonds is 16. The topological polar surface area (TPSA) is 98.1 Å². The SMILES string of the molecule is CCCCCCCCCCCCCCCCc1c(C(=O)OC)nc(N)[nH]c1=O. The summed E-state index contributed by atoms with van der Waals surface area (Å²) in [5.74, 6) is -0.673. The Labute approximate surface area is 169 Å². The molecule has 28 heavy (non-hydrogen) atoms. The first-order valence-corrected chi connectivity index (χ1v) is 11.1. The third-order valence-corrected chi connectivity index (χ3v) is 5.19. The third-order valence-electron chi connectivity index (χ3n) is 5.19. The molecule has 160 valence electrons. The van der Waals surface area contributed by atoms with E-state index < -0.39 is 5.97 Å². The van der Waals surface area contributed by atoms with Gasteiger partial charge in [-0.05, 0) is 12.8 Å². The minimum Gasteiger partial charge on any atom is -0.464 e. The van der Waals surface area contributed by atoms with Crippen LogP contribution in [0.5, 0.6) is 0 Å². The number of methoxy groups -OCH3 is 1. The van der Waals surface area contributed by atoms with Crippen molar-refractivity contribution in [2.24, 2.45) is 0 Å². The minimum absolute atomic E-state index is 0.0402. The number of anilines is 1. The van der Waals surface area contributed by atoms with Gasteiger partial charge in [0.1, 0.15) is 0 Å². The van der Waals surface area contributed by atoms with Gasteiger partial charge in [-0.15, -0.1) is 0 Å². The molecule has 0 radical (unpaired) electrons. The second kappa shape index (κ2) is 15.1. The summed E-state index contributed by atoms with van der Waals surface area (Å²) in [4.78, 5) is 30.3. The fourth-order valence-corrected chi connectivity index (χ4v) is 3.51. The van der Waals surface area contributed by atoms with Crippen LogP contribution < -0.4 is 11.3 Å². The van der Waals surface area contributed by atoms with Crippen molar-refractivity contribution in [1.29, 1.82) is 0 Å². The van der Waals surface area contributed by atoms with Gasteiger partial charge < -0.3 is 10.5 Å². The molecular weight excluding hydrogens is 354 g/mol. The molecule has 6 nitrogen and oxygen atoms in total. The Balaban J connectivity index is 2.11. The summed E-state index contributed by atoms with van der Waals surface area (Å²) in [5, 5.41) is 0. The molecule has 0 fully saturated rings. The highest BCUT2D eigenvalue weighted by atomic mass is 16.5. The minimum atomic E-state index is -0.613. The summed E-state index contributed by atoms with van der Waals surface area (Å²) in [6, 6.07) is 0. The second-order valence-corrected chi connectivity index (χ2v) is 7.62. The van der Waals surface area contributed by atoms with E-state index in [1.165, 1.54) is 77.7 Å². The molecule has 1 aromatic rings. The van der Waals surface area contributed by atoms with E-state index in [4.69, 9.17) is 10.5 Å². The lowest BCUT2D eigenvalue weighted by Crippen LogP contribution is -2.23. The summed E-state index contributed by atoms with van der Waals surface area (Å²) in [5.41, 5.74) is 5.60. The summed E-state index contributed by atoms with van der Waals surface area (Å²) < 4.78 is 4.70. The van der Waals surface area contributed by atoms with Gasteiger partial charge in [0, 0.05) is 0 Å². The van der Waals surface area contributed by atoms with Crippen LogP contribution >= 0.6 is 0 Å². The van der Waals surface area contributed by atoms with Crippen LogP contribution in [0.3, 0.4) is 0 Å². The molecule has 0 bridgehead atoms. The summed E-state index contributed by atoms with van der Waals surface area (Å²) in [6.45, 7) is 2.26. The van der Waals surface area contributed by atoms with Crippen LogP contribution in [-0.4, -0.2) is 23.0 Å². The van der Waals surface area contributed by atoms with Crippen LogP contribution in [0.25, 0.3) is 0 Å². The number of carbonyl (C=O) groups is 1. The number of hydrogen-bond donors (Lipinski definition) is 2. The number of aromatic amines is 1. The molecule has 0 aliphatic heterocycles. The highest BCUT2D eigenvalue weighted by Crippen LogP contribution is 2.14. The van der Waals surface area contributed by atoms with Gasteiger partial charge in [0.25, 0.3) is 5.56 Å². The standard InChI is InChI=1S/C22H39N3O3/c1-3-4-5-6-7-8-9-10-11-12-13-14-15-16-17-18-19(21(27)28-2)24-22(23)25-20(18)26/h3-17H2,1-2H3,(H3,23,24,25,26). The van der Waals surface area contributed by atoms with Gasteiger partial charge in [-0.25, -0.2) is 9.78 Å². The van der Waals surface area contributed by atoms with Crippen molar-refractivity contribution < 1.29 is 9.53 Å². The molecule has 0 saturated carbocycles. The molecule has 3 N–H and O–H groups in total. The molecule has 0 saturated heterocycles. The maximum Gasteiger partial charge on any atom is 0.357 e. The Morgan fingerprint density at radius 3 is 1.82 bits per heavy atom. The van der Waals surface area contributed by atoms with Crippen LogP contribution in [0.2, 0.25) is 0 Å². The van der Waals surface area contributed by atoms with Crippen molar-refractivity contribution in [1.82, 2.24) is 9.97 Å². The van der Waals surface area contributed by atoms with E-state index in [0.29, 0.717) is 12.0 Å². The van der Waals surface area contributed by atoms with E-state index in [0.717, 1.165) is 19.3 Å². The Morgan fingerprint density at radius 1 is 0.893 bits per heavy atom. The zero-order valence-electron chi connectivity index (χ0n) is 17.9. The maximum absolute atomic E-state index is 12.1. The van der Waals surface area contributed by atoms with Crippen molar-refractivity contribution in [3.63, 3.8) is 0 Å². The lowest BCUT2D eigenvalue weighted by Gasteiger charge is -2.07. The van der Waals surface area contributed by atoms with Gasteiger partial charge in [-0.3, -0.25) is 9.78 Å². The van der Waals surface area contributed by atoms with E-state index in [2.05, 4.69) is 16.9 Å². The average Bonchev–Trinajstić information content (AvgIpc) is 2.68. The summed E-state index contributed by atoms with van der Waals surface area (Å²) in [7, 11) is 1.28. The zero-order chi connectivity index (χ0) is 20.6. The third kappa shape index (κ3) is 9.90. The number of nitrogens with zero attached hydrogens (tertiary/aromatic N) is 1. The largest absolute Gasteiger partial charge is 0.464 e. The molecule has 0 aliphatic carbocycles. The lowest BCUT2D eigenvalue weighted by atomic mass is 10.0. The van der Waals surface area contributed by atoms with Crippen LogP contribution in [0.4, 0.5) is 5.95 Å². The first kappa shape index (κ1) is 24.2. The number of hydrogen-bond acceptors (Lipinski definition) is 5. The number of ether oxygens (including phenoxy) is 1. The maximum atomic E-state index is 12.1. The zero-order valence-corrected chi connectivity index (χ0v) is 17.9. The Morgan fingerprint density at radius 2 is 1.36 bits per heavy atom. The summed E-state index contributed by atoms with van der Waals surface area (Å²) >= 11 is 0. The molecule has 1 aromatic heterocycles.